The first kappa shape index (κ1) is 17.2. The number of carbonyl (C=O) groups excluding carboxylic acids is 2. The predicted octanol–water partition coefficient (Wildman–Crippen LogP) is 0.902. The molecule has 1 aromatic rings. The van der Waals surface area contributed by atoms with Gasteiger partial charge in [-0.2, -0.15) is 0 Å². The zero-order valence-corrected chi connectivity index (χ0v) is 14.3. The Hall–Kier alpha value is -2.18. The minimum atomic E-state index is -0.364. The number of anilines is 1. The Morgan fingerprint density at radius 2 is 1.96 bits per heavy atom. The van der Waals surface area contributed by atoms with E-state index in [1.165, 1.54) is 0 Å². The Bertz CT molecular complexity index is 558. The van der Waals surface area contributed by atoms with Crippen molar-refractivity contribution in [3.63, 3.8) is 0 Å². The summed E-state index contributed by atoms with van der Waals surface area (Å²) in [7, 11) is 5.51. The summed E-state index contributed by atoms with van der Waals surface area (Å²) in [5, 5.41) is 0. The van der Waals surface area contributed by atoms with Crippen LogP contribution in [-0.2, 0) is 16.1 Å². The summed E-state index contributed by atoms with van der Waals surface area (Å²) in [6, 6.07) is -0.364. The zero-order valence-electron chi connectivity index (χ0n) is 14.3. The monoisotopic (exact) mass is 319 g/mol. The number of likely N-dealkylation sites (tertiary alicyclic amines) is 1. The standard InChI is InChI=1S/C16H25N5O2/c1-5-13(21-8-6-7-14(21)22)15(23)20(4)11-12-9-17-16(18-10-12)19(2)3/h9-10,13H,5-8,11H2,1-4H3. The first-order valence-electron chi connectivity index (χ1n) is 7.96. The van der Waals surface area contributed by atoms with Crippen molar-refractivity contribution in [1.29, 1.82) is 0 Å². The van der Waals surface area contributed by atoms with Gasteiger partial charge in [-0.05, 0) is 12.8 Å². The topological polar surface area (TPSA) is 69.6 Å². The maximum absolute atomic E-state index is 12.7. The van der Waals surface area contributed by atoms with E-state index >= 15 is 0 Å². The van der Waals surface area contributed by atoms with Crippen LogP contribution in [0.15, 0.2) is 12.4 Å². The quantitative estimate of drug-likeness (QED) is 0.779. The molecule has 0 N–H and O–H groups in total. The molecule has 1 atom stereocenters. The van der Waals surface area contributed by atoms with Gasteiger partial charge in [0.2, 0.25) is 17.8 Å². The van der Waals surface area contributed by atoms with Crippen molar-refractivity contribution in [2.24, 2.45) is 0 Å². The Morgan fingerprint density at radius 3 is 2.43 bits per heavy atom. The highest BCUT2D eigenvalue weighted by atomic mass is 16.2. The van der Waals surface area contributed by atoms with Gasteiger partial charge in [-0.25, -0.2) is 9.97 Å². The van der Waals surface area contributed by atoms with Crippen LogP contribution in [0.25, 0.3) is 0 Å². The van der Waals surface area contributed by atoms with Gasteiger partial charge in [0.1, 0.15) is 6.04 Å². The molecule has 23 heavy (non-hydrogen) atoms. The fourth-order valence-electron chi connectivity index (χ4n) is 2.79. The van der Waals surface area contributed by atoms with Crippen LogP contribution in [0.2, 0.25) is 0 Å². The molecule has 7 heteroatoms. The predicted molar refractivity (Wildman–Crippen MR) is 87.9 cm³/mol. The number of rotatable bonds is 6. The molecule has 1 aromatic heterocycles. The molecule has 1 aliphatic heterocycles. The second-order valence-electron chi connectivity index (χ2n) is 6.09. The zero-order chi connectivity index (χ0) is 17.0. The molecule has 1 fully saturated rings. The van der Waals surface area contributed by atoms with Crippen molar-refractivity contribution >= 4 is 17.8 Å². The number of nitrogens with zero attached hydrogens (tertiary/aromatic N) is 5. The summed E-state index contributed by atoms with van der Waals surface area (Å²) in [4.78, 5) is 38.3. The highest BCUT2D eigenvalue weighted by molar-refractivity contribution is 5.88. The van der Waals surface area contributed by atoms with E-state index in [4.69, 9.17) is 0 Å². The van der Waals surface area contributed by atoms with Gasteiger partial charge in [0.05, 0.1) is 0 Å². The van der Waals surface area contributed by atoms with Crippen molar-refractivity contribution in [3.05, 3.63) is 18.0 Å². The lowest BCUT2D eigenvalue weighted by Gasteiger charge is -2.29. The lowest BCUT2D eigenvalue weighted by Crippen LogP contribution is -2.47. The van der Waals surface area contributed by atoms with E-state index in [1.807, 2.05) is 25.9 Å². The van der Waals surface area contributed by atoms with Crippen LogP contribution in [0, 0.1) is 0 Å². The van der Waals surface area contributed by atoms with Crippen LogP contribution in [0.4, 0.5) is 5.95 Å². The molecule has 1 unspecified atom stereocenters. The van der Waals surface area contributed by atoms with Crippen LogP contribution >= 0.6 is 0 Å². The SMILES string of the molecule is CCC(C(=O)N(C)Cc1cnc(N(C)C)nc1)N1CCCC1=O. The van der Waals surface area contributed by atoms with E-state index in [0.29, 0.717) is 31.9 Å². The van der Waals surface area contributed by atoms with Crippen molar-refractivity contribution < 1.29 is 9.59 Å². The molecule has 0 spiro atoms. The van der Waals surface area contributed by atoms with E-state index in [9.17, 15) is 9.59 Å². The number of amides is 2. The second kappa shape index (κ2) is 7.39. The third kappa shape index (κ3) is 3.97. The molecule has 0 saturated carbocycles. The van der Waals surface area contributed by atoms with Crippen LogP contribution in [0.5, 0.6) is 0 Å². The van der Waals surface area contributed by atoms with Gasteiger partial charge in [-0.3, -0.25) is 9.59 Å². The van der Waals surface area contributed by atoms with Crippen LogP contribution in [0.3, 0.4) is 0 Å². The molecule has 7 nitrogen and oxygen atoms in total. The van der Waals surface area contributed by atoms with Crippen molar-refractivity contribution in [2.45, 2.75) is 38.8 Å². The molecule has 0 aliphatic carbocycles. The molecule has 0 bridgehead atoms. The Morgan fingerprint density at radius 1 is 1.30 bits per heavy atom. The number of carbonyl (C=O) groups is 2. The molecular formula is C16H25N5O2. The summed E-state index contributed by atoms with van der Waals surface area (Å²) >= 11 is 0. The summed E-state index contributed by atoms with van der Waals surface area (Å²) in [5.74, 6) is 0.688. The highest BCUT2D eigenvalue weighted by Gasteiger charge is 2.33. The first-order chi connectivity index (χ1) is 10.9. The fraction of sp³-hybridized carbons (Fsp3) is 0.625. The van der Waals surface area contributed by atoms with Gasteiger partial charge >= 0.3 is 0 Å². The molecule has 0 radical (unpaired) electrons. The van der Waals surface area contributed by atoms with Crippen LogP contribution in [-0.4, -0.2) is 65.3 Å². The minimum absolute atomic E-state index is 0.0283. The minimum Gasteiger partial charge on any atom is -0.347 e. The molecule has 2 rings (SSSR count). The Balaban J connectivity index is 2.02. The van der Waals surface area contributed by atoms with Crippen molar-refractivity contribution in [3.8, 4) is 0 Å². The normalized spacial score (nSPS) is 15.7. The molecule has 126 valence electrons. The van der Waals surface area contributed by atoms with Crippen LogP contribution < -0.4 is 4.90 Å². The van der Waals surface area contributed by atoms with Gasteiger partial charge in [0.15, 0.2) is 0 Å². The van der Waals surface area contributed by atoms with Gasteiger partial charge in [0.25, 0.3) is 0 Å². The number of hydrogen-bond donors (Lipinski definition) is 0. The smallest absolute Gasteiger partial charge is 0.245 e. The van der Waals surface area contributed by atoms with Crippen LogP contribution in [0.1, 0.15) is 31.7 Å². The number of aromatic nitrogens is 2. The van der Waals surface area contributed by atoms with Gasteiger partial charge in [-0.1, -0.05) is 6.92 Å². The van der Waals surface area contributed by atoms with Gasteiger partial charge < -0.3 is 14.7 Å². The average Bonchev–Trinajstić information content (AvgIpc) is 2.94. The summed E-state index contributed by atoms with van der Waals surface area (Å²) in [6.45, 7) is 3.06. The number of hydrogen-bond acceptors (Lipinski definition) is 5. The number of likely N-dealkylation sites (N-methyl/N-ethyl adjacent to an activating group) is 1. The largest absolute Gasteiger partial charge is 0.347 e. The van der Waals surface area contributed by atoms with E-state index in [0.717, 1.165) is 12.0 Å². The van der Waals surface area contributed by atoms with E-state index < -0.39 is 0 Å². The van der Waals surface area contributed by atoms with Crippen molar-refractivity contribution in [2.75, 3.05) is 32.6 Å². The molecule has 0 aromatic carbocycles. The summed E-state index contributed by atoms with van der Waals surface area (Å²) in [5.41, 5.74) is 0.869. The van der Waals surface area contributed by atoms with Gasteiger partial charge in [0, 0.05) is 58.6 Å². The molecule has 2 amide bonds. The second-order valence-corrected chi connectivity index (χ2v) is 6.09. The van der Waals surface area contributed by atoms with Gasteiger partial charge in [-0.15, -0.1) is 0 Å². The Labute approximate surface area is 137 Å². The summed E-state index contributed by atoms with van der Waals surface area (Å²) in [6.07, 6.45) is 5.48. The molecule has 2 heterocycles. The highest BCUT2D eigenvalue weighted by Crippen LogP contribution is 2.18. The lowest BCUT2D eigenvalue weighted by atomic mass is 10.1. The average molecular weight is 319 g/mol. The fourth-order valence-corrected chi connectivity index (χ4v) is 2.79. The van der Waals surface area contributed by atoms with E-state index in [1.54, 1.807) is 29.2 Å². The maximum atomic E-state index is 12.7. The Kier molecular flexibility index (Phi) is 5.52. The maximum Gasteiger partial charge on any atom is 0.245 e. The van der Waals surface area contributed by atoms with E-state index in [2.05, 4.69) is 9.97 Å². The third-order valence-electron chi connectivity index (χ3n) is 4.05. The molecule has 1 saturated heterocycles. The lowest BCUT2D eigenvalue weighted by molar-refractivity contribution is -0.143. The third-order valence-corrected chi connectivity index (χ3v) is 4.05. The first-order valence-corrected chi connectivity index (χ1v) is 7.96. The summed E-state index contributed by atoms with van der Waals surface area (Å²) < 4.78 is 0. The van der Waals surface area contributed by atoms with Crippen molar-refractivity contribution in [1.82, 2.24) is 19.8 Å². The molecular weight excluding hydrogens is 294 g/mol. The molecule has 1 aliphatic rings. The van der Waals surface area contributed by atoms with E-state index in [-0.39, 0.29) is 17.9 Å².